The van der Waals surface area contributed by atoms with E-state index in [1.165, 1.54) is 0 Å². The lowest BCUT2D eigenvalue weighted by Crippen LogP contribution is -2.62. The average molecular weight is 290 g/mol. The SMILES string of the molecule is Nc1ncccc1CN1CC[C@H]2NCCC[C@]2(C(=O)O)C1. The first-order chi connectivity index (χ1) is 10.1. The Labute approximate surface area is 124 Å². The fourth-order valence-corrected chi connectivity index (χ4v) is 3.69. The molecule has 0 bridgehead atoms. The summed E-state index contributed by atoms with van der Waals surface area (Å²) >= 11 is 0. The highest BCUT2D eigenvalue weighted by Crippen LogP contribution is 2.38. The molecular weight excluding hydrogens is 268 g/mol. The number of nitrogen functional groups attached to an aromatic ring is 1. The van der Waals surface area contributed by atoms with Crippen LogP contribution in [0.25, 0.3) is 0 Å². The molecule has 6 nitrogen and oxygen atoms in total. The smallest absolute Gasteiger partial charge is 0.312 e. The van der Waals surface area contributed by atoms with E-state index in [-0.39, 0.29) is 6.04 Å². The fourth-order valence-electron chi connectivity index (χ4n) is 3.69. The third kappa shape index (κ3) is 2.61. The Hall–Kier alpha value is -1.66. The maximum absolute atomic E-state index is 11.9. The van der Waals surface area contributed by atoms with Crippen molar-refractivity contribution in [3.8, 4) is 0 Å². The Bertz CT molecular complexity index is 536. The highest BCUT2D eigenvalue weighted by molar-refractivity contribution is 5.76. The number of carbonyl (C=O) groups is 1. The van der Waals surface area contributed by atoms with Gasteiger partial charge in [0, 0.05) is 37.4 Å². The van der Waals surface area contributed by atoms with Gasteiger partial charge in [0.1, 0.15) is 5.82 Å². The van der Waals surface area contributed by atoms with Crippen LogP contribution in [0, 0.1) is 5.41 Å². The molecular formula is C15H22N4O2. The summed E-state index contributed by atoms with van der Waals surface area (Å²) in [7, 11) is 0. The molecule has 0 aromatic carbocycles. The van der Waals surface area contributed by atoms with E-state index in [4.69, 9.17) is 5.73 Å². The first-order valence-corrected chi connectivity index (χ1v) is 7.50. The molecule has 2 saturated heterocycles. The summed E-state index contributed by atoms with van der Waals surface area (Å²) in [4.78, 5) is 18.2. The van der Waals surface area contributed by atoms with E-state index < -0.39 is 11.4 Å². The molecule has 2 aliphatic heterocycles. The zero-order valence-electron chi connectivity index (χ0n) is 12.1. The van der Waals surface area contributed by atoms with Gasteiger partial charge in [0.05, 0.1) is 5.41 Å². The molecule has 0 amide bonds. The van der Waals surface area contributed by atoms with Crippen molar-refractivity contribution in [1.29, 1.82) is 0 Å². The van der Waals surface area contributed by atoms with E-state index in [0.717, 1.165) is 37.9 Å². The monoisotopic (exact) mass is 290 g/mol. The van der Waals surface area contributed by atoms with Crippen molar-refractivity contribution >= 4 is 11.8 Å². The van der Waals surface area contributed by atoms with Gasteiger partial charge >= 0.3 is 5.97 Å². The molecule has 0 spiro atoms. The number of aliphatic carboxylic acids is 1. The minimum Gasteiger partial charge on any atom is -0.481 e. The summed E-state index contributed by atoms with van der Waals surface area (Å²) in [6.07, 6.45) is 4.21. The van der Waals surface area contributed by atoms with Crippen LogP contribution in [0.5, 0.6) is 0 Å². The van der Waals surface area contributed by atoms with Gasteiger partial charge in [-0.2, -0.15) is 0 Å². The standard InChI is InChI=1S/C15H22N4O2/c16-13-11(3-1-6-18-13)9-19-8-4-12-15(10-19,14(20)21)5-2-7-17-12/h1,3,6,12,17H,2,4-5,7-10H2,(H2,16,18)(H,20,21)/t12-,15+/m1/s1. The molecule has 4 N–H and O–H groups in total. The number of hydrogen-bond acceptors (Lipinski definition) is 5. The van der Waals surface area contributed by atoms with Crippen LogP contribution in [0.4, 0.5) is 5.82 Å². The van der Waals surface area contributed by atoms with E-state index in [2.05, 4.69) is 15.2 Å². The van der Waals surface area contributed by atoms with Gasteiger partial charge in [-0.25, -0.2) is 4.98 Å². The Kier molecular flexibility index (Phi) is 3.82. The van der Waals surface area contributed by atoms with E-state index in [0.29, 0.717) is 18.9 Å². The topological polar surface area (TPSA) is 91.5 Å². The Morgan fingerprint density at radius 3 is 3.24 bits per heavy atom. The van der Waals surface area contributed by atoms with Crippen molar-refractivity contribution in [2.24, 2.45) is 5.41 Å². The maximum Gasteiger partial charge on any atom is 0.312 e. The Morgan fingerprint density at radius 2 is 2.48 bits per heavy atom. The molecule has 1 aromatic heterocycles. The number of aromatic nitrogens is 1. The Balaban J connectivity index is 1.77. The third-order valence-electron chi connectivity index (χ3n) is 4.84. The molecule has 0 unspecified atom stereocenters. The van der Waals surface area contributed by atoms with Gasteiger partial charge in [0.2, 0.25) is 0 Å². The lowest BCUT2D eigenvalue weighted by atomic mass is 9.70. The van der Waals surface area contributed by atoms with Crippen LogP contribution < -0.4 is 11.1 Å². The maximum atomic E-state index is 11.9. The van der Waals surface area contributed by atoms with E-state index >= 15 is 0 Å². The zero-order valence-corrected chi connectivity index (χ0v) is 12.1. The third-order valence-corrected chi connectivity index (χ3v) is 4.84. The summed E-state index contributed by atoms with van der Waals surface area (Å²) in [5.74, 6) is -0.144. The van der Waals surface area contributed by atoms with Gasteiger partial charge in [-0.1, -0.05) is 6.07 Å². The van der Waals surface area contributed by atoms with Crippen molar-refractivity contribution in [2.75, 3.05) is 25.4 Å². The average Bonchev–Trinajstić information content (AvgIpc) is 2.49. The summed E-state index contributed by atoms with van der Waals surface area (Å²) in [6, 6.07) is 3.92. The highest BCUT2D eigenvalue weighted by Gasteiger charge is 2.50. The quantitative estimate of drug-likeness (QED) is 0.759. The second-order valence-electron chi connectivity index (χ2n) is 6.12. The molecule has 2 atom stereocenters. The molecule has 2 aliphatic rings. The number of nitrogens with two attached hydrogens (primary N) is 1. The molecule has 1 aromatic rings. The van der Waals surface area contributed by atoms with Gasteiger partial charge < -0.3 is 16.2 Å². The van der Waals surface area contributed by atoms with Crippen molar-refractivity contribution < 1.29 is 9.90 Å². The number of fused-ring (bicyclic) bond motifs is 1. The molecule has 3 rings (SSSR count). The predicted octanol–water partition coefficient (Wildman–Crippen LogP) is 0.692. The largest absolute Gasteiger partial charge is 0.481 e. The molecule has 6 heteroatoms. The number of piperidine rings is 2. The number of carboxylic acid groups (broad SMARTS) is 1. The summed E-state index contributed by atoms with van der Waals surface area (Å²) in [6.45, 7) is 3.06. The molecule has 21 heavy (non-hydrogen) atoms. The van der Waals surface area contributed by atoms with E-state index in [9.17, 15) is 9.90 Å². The van der Waals surface area contributed by atoms with Gasteiger partial charge in [-0.15, -0.1) is 0 Å². The van der Waals surface area contributed by atoms with E-state index in [1.54, 1.807) is 6.20 Å². The van der Waals surface area contributed by atoms with Crippen LogP contribution in [0.15, 0.2) is 18.3 Å². The van der Waals surface area contributed by atoms with Crippen LogP contribution in [-0.2, 0) is 11.3 Å². The van der Waals surface area contributed by atoms with Crippen LogP contribution in [-0.4, -0.2) is 46.6 Å². The number of likely N-dealkylation sites (tertiary alicyclic amines) is 1. The fraction of sp³-hybridized carbons (Fsp3) is 0.600. The first kappa shape index (κ1) is 14.3. The molecule has 114 valence electrons. The zero-order chi connectivity index (χ0) is 14.9. The second kappa shape index (κ2) is 5.61. The number of pyridine rings is 1. The number of nitrogens with zero attached hydrogens (tertiary/aromatic N) is 2. The van der Waals surface area contributed by atoms with Crippen LogP contribution in [0.3, 0.4) is 0 Å². The number of rotatable bonds is 3. The number of nitrogens with one attached hydrogen (secondary N) is 1. The second-order valence-corrected chi connectivity index (χ2v) is 6.12. The lowest BCUT2D eigenvalue weighted by Gasteiger charge is -2.48. The molecule has 0 radical (unpaired) electrons. The predicted molar refractivity (Wildman–Crippen MR) is 79.6 cm³/mol. The summed E-state index contributed by atoms with van der Waals surface area (Å²) in [5.41, 5.74) is 6.21. The van der Waals surface area contributed by atoms with Crippen molar-refractivity contribution in [3.63, 3.8) is 0 Å². The molecule has 0 saturated carbocycles. The van der Waals surface area contributed by atoms with Crippen molar-refractivity contribution in [3.05, 3.63) is 23.9 Å². The minimum atomic E-state index is -0.677. The van der Waals surface area contributed by atoms with Crippen LogP contribution in [0.1, 0.15) is 24.8 Å². The van der Waals surface area contributed by atoms with Crippen LogP contribution in [0.2, 0.25) is 0 Å². The summed E-state index contributed by atoms with van der Waals surface area (Å²) < 4.78 is 0. The van der Waals surface area contributed by atoms with Crippen molar-refractivity contribution in [1.82, 2.24) is 15.2 Å². The van der Waals surface area contributed by atoms with E-state index in [1.807, 2.05) is 12.1 Å². The summed E-state index contributed by atoms with van der Waals surface area (Å²) in [5, 5.41) is 13.2. The van der Waals surface area contributed by atoms with Gasteiger partial charge in [-0.05, 0) is 31.9 Å². The van der Waals surface area contributed by atoms with Crippen LogP contribution >= 0.6 is 0 Å². The lowest BCUT2D eigenvalue weighted by molar-refractivity contribution is -0.157. The molecule has 3 heterocycles. The highest BCUT2D eigenvalue weighted by atomic mass is 16.4. The molecule has 0 aliphatic carbocycles. The Morgan fingerprint density at radius 1 is 1.62 bits per heavy atom. The molecule has 2 fully saturated rings. The number of hydrogen-bond donors (Lipinski definition) is 3. The van der Waals surface area contributed by atoms with Gasteiger partial charge in [0.15, 0.2) is 0 Å². The first-order valence-electron chi connectivity index (χ1n) is 7.50. The minimum absolute atomic E-state index is 0.0891. The van der Waals surface area contributed by atoms with Crippen molar-refractivity contribution in [2.45, 2.75) is 31.8 Å². The van der Waals surface area contributed by atoms with Gasteiger partial charge in [-0.3, -0.25) is 9.69 Å². The normalized spacial score (nSPS) is 29.8. The van der Waals surface area contributed by atoms with Gasteiger partial charge in [0.25, 0.3) is 0 Å². The number of carboxylic acids is 1. The number of anilines is 1.